The van der Waals surface area contributed by atoms with Gasteiger partial charge in [0, 0.05) is 21.3 Å². The molecule has 1 fully saturated rings. The number of rotatable bonds is 4. The summed E-state index contributed by atoms with van der Waals surface area (Å²) >= 11 is 0. The van der Waals surface area contributed by atoms with Crippen molar-refractivity contribution in [3.63, 3.8) is 0 Å². The van der Waals surface area contributed by atoms with Gasteiger partial charge in [-0.1, -0.05) is 0 Å². The Morgan fingerprint density at radius 1 is 1.07 bits per heavy atom. The summed E-state index contributed by atoms with van der Waals surface area (Å²) in [5, 5.41) is 19.0. The summed E-state index contributed by atoms with van der Waals surface area (Å²) in [6.45, 7) is 0.266. The lowest BCUT2D eigenvalue weighted by Crippen LogP contribution is -2.59. The Morgan fingerprint density at radius 3 is 2.13 bits per heavy atom. The van der Waals surface area contributed by atoms with Gasteiger partial charge in [-0.05, 0) is 0 Å². The molecule has 90 valence electrons. The third-order valence-electron chi connectivity index (χ3n) is 2.51. The Labute approximate surface area is 88.7 Å². The van der Waals surface area contributed by atoms with Crippen LogP contribution in [-0.2, 0) is 18.9 Å². The lowest BCUT2D eigenvalue weighted by atomic mass is 9.99. The molecule has 2 unspecified atom stereocenters. The van der Waals surface area contributed by atoms with E-state index in [2.05, 4.69) is 0 Å². The van der Waals surface area contributed by atoms with Gasteiger partial charge in [-0.3, -0.25) is 0 Å². The second-order valence-corrected chi connectivity index (χ2v) is 3.41. The normalized spacial score (nSPS) is 41.8. The Kier molecular flexibility index (Phi) is 4.91. The molecule has 0 bridgehead atoms. The van der Waals surface area contributed by atoms with Crippen LogP contribution in [0.5, 0.6) is 0 Å². The lowest BCUT2D eigenvalue weighted by Gasteiger charge is -2.41. The molecule has 0 spiro atoms. The largest absolute Gasteiger partial charge is 0.385 e. The highest BCUT2D eigenvalue weighted by Gasteiger charge is 2.45. The molecule has 6 nitrogen and oxygen atoms in total. The fraction of sp³-hybridized carbons (Fsp3) is 1.00. The maximum absolute atomic E-state index is 9.60. The van der Waals surface area contributed by atoms with E-state index in [0.717, 1.165) is 0 Å². The van der Waals surface area contributed by atoms with Crippen molar-refractivity contribution < 1.29 is 29.2 Å². The molecule has 0 radical (unpaired) electrons. The molecular formula is C9H18O6. The van der Waals surface area contributed by atoms with Gasteiger partial charge in [-0.2, -0.15) is 0 Å². The molecule has 15 heavy (non-hydrogen) atoms. The van der Waals surface area contributed by atoms with Gasteiger partial charge in [-0.15, -0.1) is 0 Å². The molecule has 0 aliphatic carbocycles. The van der Waals surface area contributed by atoms with Crippen LogP contribution < -0.4 is 0 Å². The van der Waals surface area contributed by atoms with Crippen molar-refractivity contribution in [2.75, 3.05) is 27.9 Å². The van der Waals surface area contributed by atoms with Crippen molar-refractivity contribution in [3.8, 4) is 0 Å². The predicted molar refractivity (Wildman–Crippen MR) is 50.4 cm³/mol. The van der Waals surface area contributed by atoms with E-state index in [4.69, 9.17) is 18.9 Å². The summed E-state index contributed by atoms with van der Waals surface area (Å²) in [6.07, 6.45) is -3.94. The zero-order chi connectivity index (χ0) is 11.4. The van der Waals surface area contributed by atoms with Crippen LogP contribution in [0.3, 0.4) is 0 Å². The fourth-order valence-electron chi connectivity index (χ4n) is 1.76. The highest BCUT2D eigenvalue weighted by Crippen LogP contribution is 2.24. The van der Waals surface area contributed by atoms with Gasteiger partial charge in [0.2, 0.25) is 0 Å². The zero-order valence-electron chi connectivity index (χ0n) is 9.12. The summed E-state index contributed by atoms with van der Waals surface area (Å²) in [7, 11) is 4.46. The maximum atomic E-state index is 9.60. The first-order valence-corrected chi connectivity index (χ1v) is 4.71. The van der Waals surface area contributed by atoms with E-state index in [1.807, 2.05) is 0 Å². The van der Waals surface area contributed by atoms with Crippen LogP contribution in [0.15, 0.2) is 0 Å². The zero-order valence-corrected chi connectivity index (χ0v) is 9.12. The number of hydrogen-bond donors (Lipinski definition) is 2. The van der Waals surface area contributed by atoms with Crippen LogP contribution in [0.4, 0.5) is 0 Å². The number of hydrogen-bond acceptors (Lipinski definition) is 6. The second-order valence-electron chi connectivity index (χ2n) is 3.41. The molecule has 0 aromatic heterocycles. The van der Waals surface area contributed by atoms with Gasteiger partial charge in [0.05, 0.1) is 6.61 Å². The van der Waals surface area contributed by atoms with Gasteiger partial charge < -0.3 is 29.2 Å². The molecule has 2 N–H and O–H groups in total. The van der Waals surface area contributed by atoms with Crippen molar-refractivity contribution >= 4 is 0 Å². The predicted octanol–water partition coefficient (Wildman–Crippen LogP) is -1.26. The average molecular weight is 222 g/mol. The third-order valence-corrected chi connectivity index (χ3v) is 2.51. The summed E-state index contributed by atoms with van der Waals surface area (Å²) in [5.74, 6) is 0. The minimum atomic E-state index is -1.28. The van der Waals surface area contributed by atoms with Crippen molar-refractivity contribution in [2.24, 2.45) is 0 Å². The van der Waals surface area contributed by atoms with Crippen LogP contribution in [0.2, 0.25) is 0 Å². The first-order chi connectivity index (χ1) is 7.15. The molecule has 6 heteroatoms. The SMILES string of the molecule is COCC1O[C@H](O)C(O)[C@H](OC)[C@@H]1OC. The van der Waals surface area contributed by atoms with Crippen LogP contribution in [0.1, 0.15) is 0 Å². The molecule has 0 aromatic carbocycles. The molecular weight excluding hydrogens is 204 g/mol. The molecule has 0 saturated carbocycles. The van der Waals surface area contributed by atoms with E-state index in [1.54, 1.807) is 0 Å². The van der Waals surface area contributed by atoms with Gasteiger partial charge in [0.1, 0.15) is 24.4 Å². The van der Waals surface area contributed by atoms with Gasteiger partial charge in [-0.25, -0.2) is 0 Å². The standard InChI is InChI=1S/C9H18O6/c1-12-4-5-7(13-2)8(14-3)6(10)9(11)15-5/h5-11H,4H2,1-3H3/t5?,6?,7-,8+,9+/m1/s1. The van der Waals surface area contributed by atoms with Gasteiger partial charge in [0.25, 0.3) is 0 Å². The summed E-state index contributed by atoms with van der Waals surface area (Å²) in [6, 6.07) is 0. The monoisotopic (exact) mass is 222 g/mol. The first-order valence-electron chi connectivity index (χ1n) is 4.71. The Hall–Kier alpha value is -0.240. The molecule has 5 atom stereocenters. The third kappa shape index (κ3) is 2.66. The van der Waals surface area contributed by atoms with E-state index in [1.165, 1.54) is 21.3 Å². The molecule has 0 aromatic rings. The van der Waals surface area contributed by atoms with Crippen molar-refractivity contribution in [1.82, 2.24) is 0 Å². The quantitative estimate of drug-likeness (QED) is 0.618. The van der Waals surface area contributed by atoms with Crippen molar-refractivity contribution in [2.45, 2.75) is 30.7 Å². The average Bonchev–Trinajstić information content (AvgIpc) is 2.23. The number of ether oxygens (including phenoxy) is 4. The Balaban J connectivity index is 2.73. The molecule has 1 aliphatic heterocycles. The van der Waals surface area contributed by atoms with E-state index in [-0.39, 0.29) is 6.61 Å². The minimum absolute atomic E-state index is 0.266. The molecule has 0 amide bonds. The van der Waals surface area contributed by atoms with E-state index in [0.29, 0.717) is 0 Å². The molecule has 1 heterocycles. The number of aliphatic hydroxyl groups excluding tert-OH is 2. The fourth-order valence-corrected chi connectivity index (χ4v) is 1.76. The second kappa shape index (κ2) is 5.74. The van der Waals surface area contributed by atoms with Crippen molar-refractivity contribution in [3.05, 3.63) is 0 Å². The van der Waals surface area contributed by atoms with Gasteiger partial charge in [0.15, 0.2) is 6.29 Å². The summed E-state index contributed by atoms with van der Waals surface area (Å²) in [4.78, 5) is 0. The van der Waals surface area contributed by atoms with Crippen molar-refractivity contribution in [1.29, 1.82) is 0 Å². The summed E-state index contributed by atoms with van der Waals surface area (Å²) in [5.41, 5.74) is 0. The topological polar surface area (TPSA) is 77.4 Å². The number of methoxy groups -OCH3 is 3. The Morgan fingerprint density at radius 2 is 1.67 bits per heavy atom. The first kappa shape index (κ1) is 12.8. The number of aliphatic hydroxyl groups is 2. The maximum Gasteiger partial charge on any atom is 0.184 e. The van der Waals surface area contributed by atoms with E-state index in [9.17, 15) is 10.2 Å². The van der Waals surface area contributed by atoms with Crippen LogP contribution in [0.25, 0.3) is 0 Å². The highest BCUT2D eigenvalue weighted by atomic mass is 16.7. The molecule has 1 rings (SSSR count). The highest BCUT2D eigenvalue weighted by molar-refractivity contribution is 4.90. The van der Waals surface area contributed by atoms with E-state index >= 15 is 0 Å². The van der Waals surface area contributed by atoms with E-state index < -0.39 is 30.7 Å². The molecule has 1 aliphatic rings. The van der Waals surface area contributed by atoms with Crippen LogP contribution in [0, 0.1) is 0 Å². The Bertz CT molecular complexity index is 187. The van der Waals surface area contributed by atoms with Crippen LogP contribution in [-0.4, -0.2) is 68.9 Å². The van der Waals surface area contributed by atoms with Crippen LogP contribution >= 0.6 is 0 Å². The minimum Gasteiger partial charge on any atom is -0.385 e. The lowest BCUT2D eigenvalue weighted by molar-refractivity contribution is -0.295. The smallest absolute Gasteiger partial charge is 0.184 e. The van der Waals surface area contributed by atoms with Gasteiger partial charge >= 0.3 is 0 Å². The molecule has 1 saturated heterocycles. The summed E-state index contributed by atoms with van der Waals surface area (Å²) < 4.78 is 20.3.